The third kappa shape index (κ3) is 4.38. The molecular weight excluding hydrogens is 234 g/mol. The van der Waals surface area contributed by atoms with Crippen LogP contribution in [0.15, 0.2) is 48.5 Å². The van der Waals surface area contributed by atoms with Crippen molar-refractivity contribution in [2.75, 3.05) is 18.9 Å². The molecule has 3 nitrogen and oxygen atoms in total. The summed E-state index contributed by atoms with van der Waals surface area (Å²) >= 11 is 0. The normalized spacial score (nSPS) is 10.7. The van der Waals surface area contributed by atoms with Gasteiger partial charge in [0.1, 0.15) is 5.82 Å². The maximum atomic E-state index is 4.59. The van der Waals surface area contributed by atoms with Crippen LogP contribution < -0.4 is 5.32 Å². The number of hydrogen-bond acceptors (Lipinski definition) is 3. The topological polar surface area (TPSA) is 28.2 Å². The molecule has 0 radical (unpaired) electrons. The molecule has 0 aliphatic rings. The van der Waals surface area contributed by atoms with E-state index >= 15 is 0 Å². The van der Waals surface area contributed by atoms with Crippen LogP contribution in [0.5, 0.6) is 0 Å². The lowest BCUT2D eigenvalue weighted by Gasteiger charge is -2.16. The molecule has 1 aromatic heterocycles. The van der Waals surface area contributed by atoms with E-state index in [1.54, 1.807) is 0 Å². The number of hydrogen-bond donors (Lipinski definition) is 1. The third-order valence-corrected chi connectivity index (χ3v) is 2.89. The number of nitrogens with one attached hydrogen (secondary N) is 1. The summed E-state index contributed by atoms with van der Waals surface area (Å²) in [5, 5.41) is 3.24. The van der Waals surface area contributed by atoms with E-state index in [1.807, 2.05) is 12.1 Å². The van der Waals surface area contributed by atoms with E-state index in [2.05, 4.69) is 65.6 Å². The molecule has 0 aliphatic carbocycles. The summed E-state index contributed by atoms with van der Waals surface area (Å²) in [6, 6.07) is 16.6. The van der Waals surface area contributed by atoms with Gasteiger partial charge in [0.25, 0.3) is 0 Å². The van der Waals surface area contributed by atoms with Crippen molar-refractivity contribution in [2.45, 2.75) is 20.0 Å². The largest absolute Gasteiger partial charge is 0.370 e. The number of anilines is 1. The van der Waals surface area contributed by atoms with Gasteiger partial charge in [0.15, 0.2) is 0 Å². The first-order valence-corrected chi connectivity index (χ1v) is 6.70. The Morgan fingerprint density at radius 1 is 1.00 bits per heavy atom. The van der Waals surface area contributed by atoms with Crippen LogP contribution in [0.3, 0.4) is 0 Å². The van der Waals surface area contributed by atoms with Gasteiger partial charge in [-0.3, -0.25) is 4.90 Å². The standard InChI is InChI=1S/C16H21N3/c1-3-17-16-11-7-10-15(18-16)13-19(2)12-14-8-5-4-6-9-14/h4-11H,3,12-13H2,1-2H3,(H,17,18). The minimum atomic E-state index is 0.855. The number of aromatic nitrogens is 1. The summed E-state index contributed by atoms with van der Waals surface area (Å²) in [5.41, 5.74) is 2.42. The number of rotatable bonds is 6. The SMILES string of the molecule is CCNc1cccc(CN(C)Cc2ccccc2)n1. The Bertz CT molecular complexity index is 496. The molecular formula is C16H21N3. The van der Waals surface area contributed by atoms with Crippen LogP contribution in [-0.4, -0.2) is 23.5 Å². The van der Waals surface area contributed by atoms with Gasteiger partial charge in [-0.1, -0.05) is 36.4 Å². The second-order valence-electron chi connectivity index (χ2n) is 4.70. The number of benzene rings is 1. The molecule has 3 heteroatoms. The summed E-state index contributed by atoms with van der Waals surface area (Å²) in [4.78, 5) is 6.86. The molecule has 0 saturated heterocycles. The molecule has 0 spiro atoms. The van der Waals surface area contributed by atoms with Crippen molar-refractivity contribution in [1.82, 2.24) is 9.88 Å². The maximum absolute atomic E-state index is 4.59. The van der Waals surface area contributed by atoms with Crippen molar-refractivity contribution in [3.8, 4) is 0 Å². The molecule has 0 aliphatic heterocycles. The van der Waals surface area contributed by atoms with Crippen molar-refractivity contribution < 1.29 is 0 Å². The average molecular weight is 255 g/mol. The van der Waals surface area contributed by atoms with Crippen LogP contribution in [0.2, 0.25) is 0 Å². The lowest BCUT2D eigenvalue weighted by molar-refractivity contribution is 0.315. The monoisotopic (exact) mass is 255 g/mol. The smallest absolute Gasteiger partial charge is 0.126 e. The molecule has 1 aromatic carbocycles. The third-order valence-electron chi connectivity index (χ3n) is 2.89. The Balaban J connectivity index is 1.95. The molecule has 0 amide bonds. The van der Waals surface area contributed by atoms with E-state index in [9.17, 15) is 0 Å². The zero-order valence-electron chi connectivity index (χ0n) is 11.6. The van der Waals surface area contributed by atoms with Gasteiger partial charge in [0.05, 0.1) is 5.69 Å². The fraction of sp³-hybridized carbons (Fsp3) is 0.312. The van der Waals surface area contributed by atoms with E-state index in [-0.39, 0.29) is 0 Å². The van der Waals surface area contributed by atoms with Crippen molar-refractivity contribution in [3.63, 3.8) is 0 Å². The number of nitrogens with zero attached hydrogens (tertiary/aromatic N) is 2. The zero-order chi connectivity index (χ0) is 13.5. The van der Waals surface area contributed by atoms with E-state index in [4.69, 9.17) is 0 Å². The molecule has 0 atom stereocenters. The first-order valence-electron chi connectivity index (χ1n) is 6.70. The van der Waals surface area contributed by atoms with Gasteiger partial charge in [-0.15, -0.1) is 0 Å². The molecule has 100 valence electrons. The quantitative estimate of drug-likeness (QED) is 0.859. The number of pyridine rings is 1. The van der Waals surface area contributed by atoms with Crippen LogP contribution in [0, 0.1) is 0 Å². The van der Waals surface area contributed by atoms with Gasteiger partial charge in [0, 0.05) is 19.6 Å². The molecule has 0 saturated carbocycles. The molecule has 1 N–H and O–H groups in total. The lowest BCUT2D eigenvalue weighted by Crippen LogP contribution is -2.18. The predicted octanol–water partition coefficient (Wildman–Crippen LogP) is 3.15. The zero-order valence-corrected chi connectivity index (χ0v) is 11.6. The molecule has 0 unspecified atom stereocenters. The Hall–Kier alpha value is -1.87. The fourth-order valence-electron chi connectivity index (χ4n) is 2.07. The van der Waals surface area contributed by atoms with Gasteiger partial charge in [0.2, 0.25) is 0 Å². The summed E-state index contributed by atoms with van der Waals surface area (Å²) in [5.74, 6) is 0.952. The van der Waals surface area contributed by atoms with Gasteiger partial charge in [-0.25, -0.2) is 4.98 Å². The Morgan fingerprint density at radius 2 is 1.79 bits per heavy atom. The molecule has 2 rings (SSSR count). The second-order valence-corrected chi connectivity index (χ2v) is 4.70. The van der Waals surface area contributed by atoms with Crippen LogP contribution in [0.1, 0.15) is 18.2 Å². The first-order chi connectivity index (χ1) is 9.28. The molecule has 1 heterocycles. The van der Waals surface area contributed by atoms with E-state index in [0.29, 0.717) is 0 Å². The van der Waals surface area contributed by atoms with E-state index in [0.717, 1.165) is 31.1 Å². The highest BCUT2D eigenvalue weighted by molar-refractivity contribution is 5.35. The lowest BCUT2D eigenvalue weighted by atomic mass is 10.2. The molecule has 0 fully saturated rings. The minimum Gasteiger partial charge on any atom is -0.370 e. The van der Waals surface area contributed by atoms with E-state index < -0.39 is 0 Å². The van der Waals surface area contributed by atoms with Crippen molar-refractivity contribution >= 4 is 5.82 Å². The van der Waals surface area contributed by atoms with Gasteiger partial charge >= 0.3 is 0 Å². The molecule has 19 heavy (non-hydrogen) atoms. The Kier molecular flexibility index (Phi) is 4.93. The summed E-state index contributed by atoms with van der Waals surface area (Å²) in [6.07, 6.45) is 0. The van der Waals surface area contributed by atoms with Crippen molar-refractivity contribution in [3.05, 3.63) is 59.8 Å². The minimum absolute atomic E-state index is 0.855. The highest BCUT2D eigenvalue weighted by Crippen LogP contribution is 2.09. The van der Waals surface area contributed by atoms with Crippen molar-refractivity contribution in [2.24, 2.45) is 0 Å². The van der Waals surface area contributed by atoms with Crippen molar-refractivity contribution in [1.29, 1.82) is 0 Å². The predicted molar refractivity (Wildman–Crippen MR) is 80.0 cm³/mol. The molecule has 0 bridgehead atoms. The van der Waals surface area contributed by atoms with Crippen LogP contribution >= 0.6 is 0 Å². The Morgan fingerprint density at radius 3 is 2.53 bits per heavy atom. The summed E-state index contributed by atoms with van der Waals surface area (Å²) < 4.78 is 0. The fourth-order valence-corrected chi connectivity index (χ4v) is 2.07. The highest BCUT2D eigenvalue weighted by Gasteiger charge is 2.03. The Labute approximate surface area is 115 Å². The average Bonchev–Trinajstić information content (AvgIpc) is 2.40. The second kappa shape index (κ2) is 6.90. The summed E-state index contributed by atoms with van der Waals surface area (Å²) in [7, 11) is 2.12. The van der Waals surface area contributed by atoms with Gasteiger partial charge < -0.3 is 5.32 Å². The maximum Gasteiger partial charge on any atom is 0.126 e. The van der Waals surface area contributed by atoms with Crippen LogP contribution in [0.4, 0.5) is 5.82 Å². The molecule has 2 aromatic rings. The van der Waals surface area contributed by atoms with Gasteiger partial charge in [-0.2, -0.15) is 0 Å². The van der Waals surface area contributed by atoms with Gasteiger partial charge in [-0.05, 0) is 31.7 Å². The van der Waals surface area contributed by atoms with Crippen LogP contribution in [0.25, 0.3) is 0 Å². The van der Waals surface area contributed by atoms with E-state index in [1.165, 1.54) is 5.56 Å². The van der Waals surface area contributed by atoms with Crippen LogP contribution in [-0.2, 0) is 13.1 Å². The highest BCUT2D eigenvalue weighted by atomic mass is 15.1. The summed E-state index contributed by atoms with van der Waals surface area (Å²) in [6.45, 7) is 4.77. The first kappa shape index (κ1) is 13.6.